The van der Waals surface area contributed by atoms with E-state index in [2.05, 4.69) is 20.9 Å². The Bertz CT molecular complexity index is 994. The molecule has 2 aromatic carbocycles. The van der Waals surface area contributed by atoms with E-state index in [1.54, 1.807) is 18.2 Å². The van der Waals surface area contributed by atoms with Crippen LogP contribution in [0.4, 0.5) is 17.3 Å². The molecule has 1 atom stereocenters. The van der Waals surface area contributed by atoms with Crippen molar-refractivity contribution in [2.75, 3.05) is 10.6 Å². The van der Waals surface area contributed by atoms with Crippen LogP contribution in [0.3, 0.4) is 0 Å². The standard InChI is InChI=1S/C17H15Cl2N5O/c1-8-20-11-6-7-12-15(13(11)16(25)21-8)24(2)17(22-12)23-14-9(18)4-3-5-10(14)19/h3-8,20H,1-2H3,(H,21,25)(H,22,23). The maximum absolute atomic E-state index is 12.5. The zero-order chi connectivity index (χ0) is 17.7. The lowest BCUT2D eigenvalue weighted by Gasteiger charge is -2.25. The fourth-order valence-electron chi connectivity index (χ4n) is 3.03. The number of amides is 1. The number of benzene rings is 2. The third-order valence-corrected chi connectivity index (χ3v) is 4.81. The van der Waals surface area contributed by atoms with Crippen molar-refractivity contribution in [3.05, 3.63) is 45.9 Å². The monoisotopic (exact) mass is 375 g/mol. The normalized spacial score (nSPS) is 16.3. The molecule has 0 bridgehead atoms. The van der Waals surface area contributed by atoms with Crippen LogP contribution in [0.25, 0.3) is 11.0 Å². The lowest BCUT2D eigenvalue weighted by atomic mass is 10.1. The summed E-state index contributed by atoms with van der Waals surface area (Å²) in [6.07, 6.45) is -0.120. The van der Waals surface area contributed by atoms with Crippen LogP contribution in [0.15, 0.2) is 30.3 Å². The van der Waals surface area contributed by atoms with Crippen molar-refractivity contribution in [3.8, 4) is 0 Å². The van der Waals surface area contributed by atoms with Gasteiger partial charge in [-0.1, -0.05) is 29.3 Å². The van der Waals surface area contributed by atoms with E-state index in [0.29, 0.717) is 32.8 Å². The van der Waals surface area contributed by atoms with Gasteiger partial charge in [-0.05, 0) is 31.2 Å². The van der Waals surface area contributed by atoms with Crippen LogP contribution >= 0.6 is 23.2 Å². The minimum Gasteiger partial charge on any atom is -0.365 e. The van der Waals surface area contributed by atoms with Gasteiger partial charge in [-0.3, -0.25) is 4.79 Å². The van der Waals surface area contributed by atoms with Crippen molar-refractivity contribution in [3.63, 3.8) is 0 Å². The number of fused-ring (bicyclic) bond motifs is 3. The zero-order valence-corrected chi connectivity index (χ0v) is 15.0. The van der Waals surface area contributed by atoms with E-state index in [1.807, 2.05) is 30.7 Å². The highest BCUT2D eigenvalue weighted by molar-refractivity contribution is 6.39. The molecule has 0 saturated carbocycles. The summed E-state index contributed by atoms with van der Waals surface area (Å²) >= 11 is 12.5. The van der Waals surface area contributed by atoms with Gasteiger partial charge in [0.25, 0.3) is 5.91 Å². The van der Waals surface area contributed by atoms with Crippen molar-refractivity contribution >= 4 is 57.5 Å². The molecule has 1 amide bonds. The van der Waals surface area contributed by atoms with E-state index < -0.39 is 0 Å². The molecule has 0 saturated heterocycles. The predicted molar refractivity (Wildman–Crippen MR) is 101 cm³/mol. The van der Waals surface area contributed by atoms with Crippen molar-refractivity contribution in [1.82, 2.24) is 14.9 Å². The van der Waals surface area contributed by atoms with Crippen LogP contribution in [-0.2, 0) is 7.05 Å². The van der Waals surface area contributed by atoms with Gasteiger partial charge in [0, 0.05) is 7.05 Å². The van der Waals surface area contributed by atoms with Gasteiger partial charge in [-0.15, -0.1) is 0 Å². The summed E-state index contributed by atoms with van der Waals surface area (Å²) < 4.78 is 1.82. The first-order chi connectivity index (χ1) is 12.0. The lowest BCUT2D eigenvalue weighted by molar-refractivity contribution is 0.0940. The zero-order valence-electron chi connectivity index (χ0n) is 13.5. The fourth-order valence-corrected chi connectivity index (χ4v) is 3.53. The van der Waals surface area contributed by atoms with Crippen LogP contribution in [0, 0.1) is 0 Å². The van der Waals surface area contributed by atoms with Gasteiger partial charge < -0.3 is 20.5 Å². The van der Waals surface area contributed by atoms with Gasteiger partial charge in [0.05, 0.1) is 44.2 Å². The minimum atomic E-state index is -0.128. The molecule has 1 unspecified atom stereocenters. The van der Waals surface area contributed by atoms with Crippen LogP contribution in [0.5, 0.6) is 0 Å². The molecule has 3 aromatic rings. The summed E-state index contributed by atoms with van der Waals surface area (Å²) in [5.74, 6) is 0.419. The number of para-hydroxylation sites is 1. The van der Waals surface area contributed by atoms with Gasteiger partial charge in [0.15, 0.2) is 0 Å². The number of halogens is 2. The summed E-state index contributed by atoms with van der Waals surface area (Å²) in [7, 11) is 1.84. The molecule has 1 aliphatic rings. The predicted octanol–water partition coefficient (Wildman–Crippen LogP) is 4.13. The number of aryl methyl sites for hydroxylation is 1. The Labute approximate surface area is 154 Å². The maximum Gasteiger partial charge on any atom is 0.257 e. The number of hydrogen-bond acceptors (Lipinski definition) is 4. The van der Waals surface area contributed by atoms with Crippen molar-refractivity contribution in [2.45, 2.75) is 13.1 Å². The van der Waals surface area contributed by atoms with Gasteiger partial charge in [0.1, 0.15) is 0 Å². The van der Waals surface area contributed by atoms with Crippen molar-refractivity contribution in [1.29, 1.82) is 0 Å². The van der Waals surface area contributed by atoms with Gasteiger partial charge in [0.2, 0.25) is 5.95 Å². The molecule has 4 rings (SSSR count). The quantitative estimate of drug-likeness (QED) is 0.629. The highest BCUT2D eigenvalue weighted by atomic mass is 35.5. The molecule has 0 spiro atoms. The van der Waals surface area contributed by atoms with Crippen LogP contribution in [0.2, 0.25) is 10.0 Å². The molecule has 6 nitrogen and oxygen atoms in total. The molecular weight excluding hydrogens is 361 g/mol. The highest BCUT2D eigenvalue weighted by Gasteiger charge is 2.26. The average molecular weight is 376 g/mol. The molecule has 25 heavy (non-hydrogen) atoms. The second-order valence-corrected chi connectivity index (χ2v) is 6.73. The highest BCUT2D eigenvalue weighted by Crippen LogP contribution is 2.35. The first kappa shape index (κ1) is 16.1. The molecule has 128 valence electrons. The fraction of sp³-hybridized carbons (Fsp3) is 0.176. The topological polar surface area (TPSA) is 71.0 Å². The SMILES string of the molecule is CC1NC(=O)c2c(ccc3nc(Nc4c(Cl)cccc4Cl)n(C)c23)N1. The summed E-state index contributed by atoms with van der Waals surface area (Å²) in [4.78, 5) is 17.1. The van der Waals surface area contributed by atoms with E-state index in [0.717, 1.165) is 11.2 Å². The smallest absolute Gasteiger partial charge is 0.257 e. The lowest BCUT2D eigenvalue weighted by Crippen LogP contribution is -2.43. The summed E-state index contributed by atoms with van der Waals surface area (Å²) in [6, 6.07) is 9.02. The van der Waals surface area contributed by atoms with Gasteiger partial charge in [-0.2, -0.15) is 0 Å². The number of rotatable bonds is 2. The van der Waals surface area contributed by atoms with Crippen LogP contribution in [0.1, 0.15) is 17.3 Å². The second kappa shape index (κ2) is 5.82. The molecule has 8 heteroatoms. The number of aromatic nitrogens is 2. The summed E-state index contributed by atoms with van der Waals surface area (Å²) in [5, 5.41) is 10.3. The number of nitrogens with zero attached hydrogens (tertiary/aromatic N) is 2. The van der Waals surface area contributed by atoms with E-state index in [4.69, 9.17) is 23.2 Å². The first-order valence-corrected chi connectivity index (χ1v) is 8.49. The third kappa shape index (κ3) is 2.58. The van der Waals surface area contributed by atoms with E-state index in [-0.39, 0.29) is 12.1 Å². The average Bonchev–Trinajstić information content (AvgIpc) is 2.87. The number of carbonyl (C=O) groups is 1. The Morgan fingerprint density at radius 1 is 1.16 bits per heavy atom. The summed E-state index contributed by atoms with van der Waals surface area (Å²) in [5.41, 5.74) is 3.38. The molecular formula is C17H15Cl2N5O. The molecule has 3 N–H and O–H groups in total. The van der Waals surface area contributed by atoms with Crippen LogP contribution < -0.4 is 16.0 Å². The number of imidazole rings is 1. The van der Waals surface area contributed by atoms with Crippen LogP contribution in [-0.4, -0.2) is 21.6 Å². The van der Waals surface area contributed by atoms with Gasteiger partial charge >= 0.3 is 0 Å². The Balaban J connectivity index is 1.87. The first-order valence-electron chi connectivity index (χ1n) is 7.73. The number of anilines is 3. The van der Waals surface area contributed by atoms with Crippen molar-refractivity contribution < 1.29 is 4.79 Å². The molecule has 0 aliphatic carbocycles. The number of carbonyl (C=O) groups excluding carboxylic acids is 1. The van der Waals surface area contributed by atoms with E-state index in [1.165, 1.54) is 0 Å². The number of hydrogen-bond donors (Lipinski definition) is 3. The molecule has 0 fully saturated rings. The van der Waals surface area contributed by atoms with E-state index in [9.17, 15) is 4.79 Å². The molecule has 0 radical (unpaired) electrons. The Hall–Kier alpha value is -2.44. The maximum atomic E-state index is 12.5. The van der Waals surface area contributed by atoms with Crippen molar-refractivity contribution in [2.24, 2.45) is 7.05 Å². The minimum absolute atomic E-state index is 0.120. The second-order valence-electron chi connectivity index (χ2n) is 5.91. The van der Waals surface area contributed by atoms with E-state index >= 15 is 0 Å². The Kier molecular flexibility index (Phi) is 3.74. The molecule has 2 heterocycles. The molecule has 1 aliphatic heterocycles. The van der Waals surface area contributed by atoms with Gasteiger partial charge in [-0.25, -0.2) is 4.98 Å². The number of nitrogens with one attached hydrogen (secondary N) is 3. The Morgan fingerprint density at radius 2 is 1.88 bits per heavy atom. The summed E-state index contributed by atoms with van der Waals surface area (Å²) in [6.45, 7) is 1.89. The third-order valence-electron chi connectivity index (χ3n) is 4.18. The Morgan fingerprint density at radius 3 is 2.60 bits per heavy atom. The largest absolute Gasteiger partial charge is 0.365 e. The molecule has 1 aromatic heterocycles.